The third-order valence-electron chi connectivity index (χ3n) is 4.77. The lowest BCUT2D eigenvalue weighted by Gasteiger charge is -2.14. The number of hydrogen-bond donors (Lipinski definition) is 2. The lowest BCUT2D eigenvalue weighted by Crippen LogP contribution is -2.33. The zero-order valence-corrected chi connectivity index (χ0v) is 16.3. The number of nitrogens with two attached hydrogens (primary N) is 1. The van der Waals surface area contributed by atoms with E-state index in [0.29, 0.717) is 30.0 Å². The van der Waals surface area contributed by atoms with Crippen molar-refractivity contribution >= 4 is 22.8 Å². The Bertz CT molecular complexity index is 1100. The fraction of sp³-hybridized carbons (Fsp3) is 0.286. The van der Waals surface area contributed by atoms with Crippen LogP contribution in [-0.4, -0.2) is 47.9 Å². The number of nitrogen functional groups attached to an aromatic ring is 1. The van der Waals surface area contributed by atoms with Gasteiger partial charge in [-0.15, -0.1) is 0 Å². The molecule has 1 fully saturated rings. The molecule has 0 aliphatic carbocycles. The molecule has 2 aromatic carbocycles. The summed E-state index contributed by atoms with van der Waals surface area (Å²) in [6.07, 6.45) is -3.82. The molecule has 1 atom stereocenters. The van der Waals surface area contributed by atoms with Crippen molar-refractivity contribution in [3.05, 3.63) is 48.0 Å². The van der Waals surface area contributed by atoms with Crippen LogP contribution < -0.4 is 15.8 Å². The van der Waals surface area contributed by atoms with E-state index in [1.54, 1.807) is 18.2 Å². The van der Waals surface area contributed by atoms with Crippen molar-refractivity contribution in [2.45, 2.75) is 18.7 Å². The van der Waals surface area contributed by atoms with Crippen LogP contribution in [0.5, 0.6) is 5.88 Å². The molecule has 0 radical (unpaired) electrons. The Labute approximate surface area is 175 Å². The van der Waals surface area contributed by atoms with Gasteiger partial charge in [0.25, 0.3) is 5.91 Å². The highest BCUT2D eigenvalue weighted by molar-refractivity contribution is 5.95. The molecule has 1 aliphatic heterocycles. The number of nitrogens with zero attached hydrogens (tertiary/aromatic N) is 2. The van der Waals surface area contributed by atoms with Crippen molar-refractivity contribution in [1.82, 2.24) is 15.3 Å². The van der Waals surface area contributed by atoms with Crippen molar-refractivity contribution in [1.29, 1.82) is 0 Å². The highest BCUT2D eigenvalue weighted by Gasteiger charge is 2.28. The van der Waals surface area contributed by atoms with Gasteiger partial charge in [-0.2, -0.15) is 18.2 Å². The molecule has 31 heavy (non-hydrogen) atoms. The summed E-state index contributed by atoms with van der Waals surface area (Å²) in [6, 6.07) is 11.7. The minimum absolute atomic E-state index is 0.100. The summed E-state index contributed by atoms with van der Waals surface area (Å²) in [7, 11) is 0. The number of fused-ring (bicyclic) bond motifs is 1. The van der Waals surface area contributed by atoms with E-state index >= 15 is 0 Å². The number of alkyl halides is 3. The second-order valence-corrected chi connectivity index (χ2v) is 7.10. The van der Waals surface area contributed by atoms with E-state index in [2.05, 4.69) is 9.97 Å². The van der Waals surface area contributed by atoms with Gasteiger partial charge in [-0.3, -0.25) is 4.79 Å². The molecule has 3 N–H and O–H groups in total. The quantitative estimate of drug-likeness (QED) is 0.642. The fourth-order valence-corrected chi connectivity index (χ4v) is 3.25. The first kappa shape index (κ1) is 20.9. The Morgan fingerprint density at radius 2 is 1.90 bits per heavy atom. The second kappa shape index (κ2) is 8.38. The minimum Gasteiger partial charge on any atom is -0.471 e. The standard InChI is InChI=1S/C21H19F3N4O3/c22-21(23,24)11-26-18(29)13-3-1-12(2-4-13)14-5-6-17-16(9-14)19(28-20(25)27-17)31-15-7-8-30-10-15/h1-6,9,15H,7-8,10-11H2,(H,26,29)(H2,25,27,28). The van der Waals surface area contributed by atoms with Crippen LogP contribution in [0.25, 0.3) is 22.0 Å². The summed E-state index contributed by atoms with van der Waals surface area (Å²) in [4.78, 5) is 20.3. The van der Waals surface area contributed by atoms with E-state index in [0.717, 1.165) is 17.5 Å². The van der Waals surface area contributed by atoms with Gasteiger partial charge in [0.2, 0.25) is 11.8 Å². The van der Waals surface area contributed by atoms with E-state index in [1.165, 1.54) is 12.1 Å². The van der Waals surface area contributed by atoms with Crippen LogP contribution in [0.4, 0.5) is 19.1 Å². The molecular weight excluding hydrogens is 413 g/mol. The summed E-state index contributed by atoms with van der Waals surface area (Å²) < 4.78 is 48.1. The van der Waals surface area contributed by atoms with Crippen molar-refractivity contribution in [3.63, 3.8) is 0 Å². The molecule has 162 valence electrons. The number of anilines is 1. The molecule has 2 heterocycles. The van der Waals surface area contributed by atoms with Crippen LogP contribution in [-0.2, 0) is 4.74 Å². The number of amides is 1. The lowest BCUT2D eigenvalue weighted by atomic mass is 10.0. The zero-order valence-electron chi connectivity index (χ0n) is 16.3. The predicted molar refractivity (Wildman–Crippen MR) is 108 cm³/mol. The van der Waals surface area contributed by atoms with Crippen molar-refractivity contribution < 1.29 is 27.4 Å². The Kier molecular flexibility index (Phi) is 5.64. The number of hydrogen-bond acceptors (Lipinski definition) is 6. The number of aromatic nitrogens is 2. The summed E-state index contributed by atoms with van der Waals surface area (Å²) in [5, 5.41) is 2.52. The van der Waals surface area contributed by atoms with Gasteiger partial charge in [-0.05, 0) is 35.4 Å². The Hall–Kier alpha value is -3.40. The largest absolute Gasteiger partial charge is 0.471 e. The van der Waals surface area contributed by atoms with Gasteiger partial charge in [-0.25, -0.2) is 4.98 Å². The van der Waals surface area contributed by atoms with Gasteiger partial charge in [0.15, 0.2) is 0 Å². The van der Waals surface area contributed by atoms with Gasteiger partial charge in [0.05, 0.1) is 24.1 Å². The molecular formula is C21H19F3N4O3. The smallest absolute Gasteiger partial charge is 0.405 e. The second-order valence-electron chi connectivity index (χ2n) is 7.10. The Morgan fingerprint density at radius 1 is 1.16 bits per heavy atom. The first-order valence-corrected chi connectivity index (χ1v) is 9.55. The van der Waals surface area contributed by atoms with Crippen LogP contribution in [0.1, 0.15) is 16.8 Å². The highest BCUT2D eigenvalue weighted by Crippen LogP contribution is 2.30. The molecule has 1 aromatic heterocycles. The SMILES string of the molecule is Nc1nc(OC2CCOC2)c2cc(-c3ccc(C(=O)NCC(F)(F)F)cc3)ccc2n1. The fourth-order valence-electron chi connectivity index (χ4n) is 3.25. The average Bonchev–Trinajstić information content (AvgIpc) is 3.24. The molecule has 1 unspecified atom stereocenters. The van der Waals surface area contributed by atoms with E-state index in [-0.39, 0.29) is 17.6 Å². The number of benzene rings is 2. The molecule has 10 heteroatoms. The number of nitrogens with one attached hydrogen (secondary N) is 1. The molecule has 0 bridgehead atoms. The van der Waals surface area contributed by atoms with Crippen LogP contribution in [0, 0.1) is 0 Å². The monoisotopic (exact) mass is 432 g/mol. The van der Waals surface area contributed by atoms with Crippen LogP contribution in [0.2, 0.25) is 0 Å². The summed E-state index contributed by atoms with van der Waals surface area (Å²) >= 11 is 0. The van der Waals surface area contributed by atoms with E-state index in [9.17, 15) is 18.0 Å². The molecule has 0 spiro atoms. The molecule has 7 nitrogen and oxygen atoms in total. The average molecular weight is 432 g/mol. The Morgan fingerprint density at radius 3 is 2.58 bits per heavy atom. The Balaban J connectivity index is 1.59. The number of halogens is 3. The lowest BCUT2D eigenvalue weighted by molar-refractivity contribution is -0.123. The van der Waals surface area contributed by atoms with E-state index < -0.39 is 18.6 Å². The van der Waals surface area contributed by atoms with Gasteiger partial charge in [0, 0.05) is 12.0 Å². The molecule has 1 saturated heterocycles. The molecule has 1 aliphatic rings. The van der Waals surface area contributed by atoms with E-state index in [1.807, 2.05) is 17.4 Å². The molecule has 1 amide bonds. The molecule has 4 rings (SSSR count). The van der Waals surface area contributed by atoms with Gasteiger partial charge >= 0.3 is 6.18 Å². The van der Waals surface area contributed by atoms with Crippen LogP contribution >= 0.6 is 0 Å². The van der Waals surface area contributed by atoms with Gasteiger partial charge < -0.3 is 20.5 Å². The minimum atomic E-state index is -4.46. The summed E-state index contributed by atoms with van der Waals surface area (Å²) in [5.41, 5.74) is 8.12. The maximum absolute atomic E-state index is 12.3. The van der Waals surface area contributed by atoms with E-state index in [4.69, 9.17) is 15.2 Å². The van der Waals surface area contributed by atoms with Crippen LogP contribution in [0.3, 0.4) is 0 Å². The predicted octanol–water partition coefficient (Wildman–Crippen LogP) is 3.34. The molecule has 3 aromatic rings. The third-order valence-corrected chi connectivity index (χ3v) is 4.77. The topological polar surface area (TPSA) is 99.4 Å². The maximum atomic E-state index is 12.3. The maximum Gasteiger partial charge on any atom is 0.405 e. The summed E-state index contributed by atoms with van der Waals surface area (Å²) in [6.45, 7) is -0.281. The summed E-state index contributed by atoms with van der Waals surface area (Å²) in [5.74, 6) is -0.327. The third kappa shape index (κ3) is 5.02. The van der Waals surface area contributed by atoms with Gasteiger partial charge in [-0.1, -0.05) is 18.2 Å². The van der Waals surface area contributed by atoms with Crippen molar-refractivity contribution in [2.75, 3.05) is 25.5 Å². The zero-order chi connectivity index (χ0) is 22.0. The van der Waals surface area contributed by atoms with Gasteiger partial charge in [0.1, 0.15) is 12.6 Å². The number of ether oxygens (including phenoxy) is 2. The first-order valence-electron chi connectivity index (χ1n) is 9.55. The van der Waals surface area contributed by atoms with Crippen LogP contribution in [0.15, 0.2) is 42.5 Å². The van der Waals surface area contributed by atoms with Crippen molar-refractivity contribution in [2.24, 2.45) is 0 Å². The number of carbonyl (C=O) groups is 1. The van der Waals surface area contributed by atoms with Crippen molar-refractivity contribution in [3.8, 4) is 17.0 Å². The normalized spacial score (nSPS) is 16.4. The highest BCUT2D eigenvalue weighted by atomic mass is 19.4. The molecule has 0 saturated carbocycles. The number of rotatable bonds is 5. The number of carbonyl (C=O) groups excluding carboxylic acids is 1. The first-order chi connectivity index (χ1) is 14.8.